The molecule has 8 heteroatoms. The summed E-state index contributed by atoms with van der Waals surface area (Å²) in [6.07, 6.45) is 1.96. The molecule has 1 heterocycles. The molecule has 35 heavy (non-hydrogen) atoms. The number of carbonyl (C=O) groups is 2. The third-order valence-electron chi connectivity index (χ3n) is 5.68. The predicted octanol–water partition coefficient (Wildman–Crippen LogP) is 5.41. The minimum Gasteiger partial charge on any atom is -0.495 e. The fraction of sp³-hybridized carbons (Fsp3) is 0.296. The van der Waals surface area contributed by atoms with Crippen LogP contribution in [0.1, 0.15) is 40.6 Å². The van der Waals surface area contributed by atoms with Crippen LogP contribution in [0.15, 0.2) is 42.5 Å². The number of halogens is 1. The normalized spacial score (nSPS) is 12.0. The molecule has 184 valence electrons. The number of anilines is 1. The smallest absolute Gasteiger partial charge is 0.331 e. The molecule has 0 saturated heterocycles. The Hall–Kier alpha value is -3.58. The second-order valence-electron chi connectivity index (χ2n) is 8.43. The molecule has 0 aliphatic carbocycles. The van der Waals surface area contributed by atoms with Gasteiger partial charge in [-0.15, -0.1) is 0 Å². The number of amides is 1. The monoisotopic (exact) mass is 495 g/mol. The first kappa shape index (κ1) is 26.0. The Bertz CT molecular complexity index is 1260. The van der Waals surface area contributed by atoms with Gasteiger partial charge in [0.2, 0.25) is 0 Å². The van der Waals surface area contributed by atoms with Crippen LogP contribution in [-0.2, 0) is 20.9 Å². The lowest BCUT2D eigenvalue weighted by atomic mass is 10.1. The summed E-state index contributed by atoms with van der Waals surface area (Å²) in [6.45, 7) is 9.86. The third kappa shape index (κ3) is 6.51. The first-order valence-corrected chi connectivity index (χ1v) is 11.6. The van der Waals surface area contributed by atoms with Gasteiger partial charge in [0.15, 0.2) is 6.10 Å². The number of aryl methyl sites for hydroxylation is 3. The molecular formula is C27H30ClN3O4. The fourth-order valence-corrected chi connectivity index (χ4v) is 3.71. The molecule has 3 rings (SSSR count). The third-order valence-corrected chi connectivity index (χ3v) is 6.08. The number of nitrogens with one attached hydrogen (secondary N) is 1. The molecule has 0 spiro atoms. The molecule has 0 aliphatic rings. The van der Waals surface area contributed by atoms with Crippen LogP contribution in [0.3, 0.4) is 0 Å². The summed E-state index contributed by atoms with van der Waals surface area (Å²) in [6, 6.07) is 11.6. The summed E-state index contributed by atoms with van der Waals surface area (Å²) in [5, 5.41) is 7.84. The highest BCUT2D eigenvalue weighted by Gasteiger charge is 2.19. The van der Waals surface area contributed by atoms with Crippen molar-refractivity contribution in [1.82, 2.24) is 9.78 Å². The van der Waals surface area contributed by atoms with Gasteiger partial charge in [0, 0.05) is 28.4 Å². The zero-order valence-corrected chi connectivity index (χ0v) is 21.6. The Labute approximate surface area is 210 Å². The van der Waals surface area contributed by atoms with Crippen molar-refractivity contribution in [2.75, 3.05) is 12.4 Å². The van der Waals surface area contributed by atoms with Crippen molar-refractivity contribution < 1.29 is 19.1 Å². The van der Waals surface area contributed by atoms with Gasteiger partial charge in [-0.2, -0.15) is 5.10 Å². The molecule has 3 aromatic rings. The maximum atomic E-state index is 12.6. The van der Waals surface area contributed by atoms with Crippen molar-refractivity contribution in [2.24, 2.45) is 0 Å². The molecule has 0 radical (unpaired) electrons. The second-order valence-corrected chi connectivity index (χ2v) is 8.84. The van der Waals surface area contributed by atoms with E-state index in [4.69, 9.17) is 21.1 Å². The van der Waals surface area contributed by atoms with Gasteiger partial charge in [-0.05, 0) is 57.9 Å². The first-order valence-electron chi connectivity index (χ1n) is 11.2. The summed E-state index contributed by atoms with van der Waals surface area (Å²) >= 11 is 6.11. The average Bonchev–Trinajstić information content (AvgIpc) is 3.08. The lowest BCUT2D eigenvalue weighted by Gasteiger charge is -2.15. The fourth-order valence-electron chi connectivity index (χ4n) is 3.55. The summed E-state index contributed by atoms with van der Waals surface area (Å²) in [5.41, 5.74) is 6.15. The quantitative estimate of drug-likeness (QED) is 0.333. The predicted molar refractivity (Wildman–Crippen MR) is 138 cm³/mol. The maximum absolute atomic E-state index is 12.6. The standard InChI is InChI=1S/C27H30ClN3O4/c1-16-7-9-21(10-8-16)15-31-19(4)22(18(3)30-31)11-12-26(32)35-20(5)27(33)29-24-13-17(2)23(28)14-25(24)34-6/h7-14,20H,15H2,1-6H3,(H,29,33)/b12-11+. The van der Waals surface area contributed by atoms with Crippen LogP contribution < -0.4 is 10.1 Å². The van der Waals surface area contributed by atoms with Crippen LogP contribution in [0.5, 0.6) is 5.75 Å². The van der Waals surface area contributed by atoms with E-state index in [2.05, 4.69) is 41.6 Å². The van der Waals surface area contributed by atoms with Gasteiger partial charge in [-0.1, -0.05) is 41.4 Å². The van der Waals surface area contributed by atoms with E-state index in [9.17, 15) is 9.59 Å². The van der Waals surface area contributed by atoms with E-state index in [-0.39, 0.29) is 0 Å². The maximum Gasteiger partial charge on any atom is 0.331 e. The molecule has 1 N–H and O–H groups in total. The summed E-state index contributed by atoms with van der Waals surface area (Å²) < 4.78 is 12.5. The Balaban J connectivity index is 1.64. The van der Waals surface area contributed by atoms with Crippen molar-refractivity contribution in [3.63, 3.8) is 0 Å². The number of hydrogen-bond acceptors (Lipinski definition) is 5. The van der Waals surface area contributed by atoms with Gasteiger partial charge in [0.05, 0.1) is 25.0 Å². The molecule has 0 aliphatic heterocycles. The van der Waals surface area contributed by atoms with Crippen molar-refractivity contribution in [2.45, 2.75) is 47.3 Å². The van der Waals surface area contributed by atoms with Gasteiger partial charge >= 0.3 is 5.97 Å². The van der Waals surface area contributed by atoms with E-state index in [1.165, 1.54) is 25.7 Å². The van der Waals surface area contributed by atoms with Crippen molar-refractivity contribution in [3.8, 4) is 5.75 Å². The lowest BCUT2D eigenvalue weighted by molar-refractivity contribution is -0.148. The van der Waals surface area contributed by atoms with E-state index in [0.29, 0.717) is 23.0 Å². The Kier molecular flexibility index (Phi) is 8.35. The number of methoxy groups -OCH3 is 1. The highest BCUT2D eigenvalue weighted by molar-refractivity contribution is 6.31. The molecular weight excluding hydrogens is 466 g/mol. The Morgan fingerprint density at radius 1 is 1.14 bits per heavy atom. The van der Waals surface area contributed by atoms with E-state index in [1.807, 2.05) is 25.5 Å². The van der Waals surface area contributed by atoms with Crippen molar-refractivity contribution >= 4 is 35.2 Å². The van der Waals surface area contributed by atoms with Crippen molar-refractivity contribution in [1.29, 1.82) is 0 Å². The molecule has 1 aromatic heterocycles. The largest absolute Gasteiger partial charge is 0.495 e. The van der Waals surface area contributed by atoms with E-state index < -0.39 is 18.0 Å². The molecule has 7 nitrogen and oxygen atoms in total. The van der Waals surface area contributed by atoms with Crippen LogP contribution in [0.2, 0.25) is 5.02 Å². The van der Waals surface area contributed by atoms with Crippen LogP contribution in [-0.4, -0.2) is 34.9 Å². The molecule has 0 saturated carbocycles. The number of ether oxygens (including phenoxy) is 2. The number of nitrogens with zero attached hydrogens (tertiary/aromatic N) is 2. The summed E-state index contributed by atoms with van der Waals surface area (Å²) in [7, 11) is 1.48. The summed E-state index contributed by atoms with van der Waals surface area (Å²) in [5.74, 6) is -0.692. The number of hydrogen-bond donors (Lipinski definition) is 1. The average molecular weight is 496 g/mol. The lowest BCUT2D eigenvalue weighted by Crippen LogP contribution is -2.29. The molecule has 0 fully saturated rings. The van der Waals surface area contributed by atoms with Gasteiger partial charge in [-0.3, -0.25) is 9.48 Å². The minimum absolute atomic E-state index is 0.418. The first-order chi connectivity index (χ1) is 16.6. The SMILES string of the molecule is COc1cc(Cl)c(C)cc1NC(=O)C(C)OC(=O)/C=C/c1c(C)nn(Cc2ccc(C)cc2)c1C. The number of aromatic nitrogens is 2. The highest BCUT2D eigenvalue weighted by atomic mass is 35.5. The van der Waals surface area contributed by atoms with Gasteiger partial charge in [0.1, 0.15) is 5.75 Å². The number of benzene rings is 2. The molecule has 0 bridgehead atoms. The van der Waals surface area contributed by atoms with Crippen LogP contribution in [0.25, 0.3) is 6.08 Å². The van der Waals surface area contributed by atoms with E-state index in [0.717, 1.165) is 28.1 Å². The van der Waals surface area contributed by atoms with E-state index >= 15 is 0 Å². The summed E-state index contributed by atoms with van der Waals surface area (Å²) in [4.78, 5) is 25.0. The molecule has 1 atom stereocenters. The number of carbonyl (C=O) groups excluding carboxylic acids is 2. The Morgan fingerprint density at radius 2 is 1.83 bits per heavy atom. The van der Waals surface area contributed by atoms with E-state index in [1.54, 1.807) is 18.2 Å². The second kappa shape index (κ2) is 11.2. The zero-order valence-electron chi connectivity index (χ0n) is 20.8. The minimum atomic E-state index is -1.01. The highest BCUT2D eigenvalue weighted by Crippen LogP contribution is 2.31. The van der Waals surface area contributed by atoms with Gasteiger partial charge in [-0.25, -0.2) is 4.79 Å². The van der Waals surface area contributed by atoms with Crippen molar-refractivity contribution in [3.05, 3.63) is 81.1 Å². The van der Waals surface area contributed by atoms with Crippen LogP contribution in [0, 0.1) is 27.7 Å². The van der Waals surface area contributed by atoms with Crippen LogP contribution in [0.4, 0.5) is 5.69 Å². The zero-order chi connectivity index (χ0) is 25.7. The number of esters is 1. The Morgan fingerprint density at radius 3 is 2.49 bits per heavy atom. The van der Waals surface area contributed by atoms with Gasteiger partial charge < -0.3 is 14.8 Å². The molecule has 1 amide bonds. The topological polar surface area (TPSA) is 82.4 Å². The molecule has 1 unspecified atom stereocenters. The number of rotatable bonds is 8. The van der Waals surface area contributed by atoms with Crippen LogP contribution >= 0.6 is 11.6 Å². The molecule has 2 aromatic carbocycles. The van der Waals surface area contributed by atoms with Gasteiger partial charge in [0.25, 0.3) is 5.91 Å².